The van der Waals surface area contributed by atoms with Crippen LogP contribution in [0.2, 0.25) is 0 Å². The average molecular weight is 527 g/mol. The molecule has 40 heavy (non-hydrogen) atoms. The zero-order valence-corrected chi connectivity index (χ0v) is 22.3. The molecule has 0 aliphatic carbocycles. The third-order valence-electron chi connectivity index (χ3n) is 8.25. The molecule has 0 saturated carbocycles. The Labute approximate surface area is 234 Å². The monoisotopic (exact) mass is 526 g/mol. The molecule has 0 amide bonds. The van der Waals surface area contributed by atoms with Crippen molar-refractivity contribution in [2.24, 2.45) is 0 Å². The Morgan fingerprint density at radius 3 is 1.68 bits per heavy atom. The molecule has 9 rings (SSSR count). The van der Waals surface area contributed by atoms with Gasteiger partial charge in [0, 0.05) is 15.5 Å². The van der Waals surface area contributed by atoms with Gasteiger partial charge in [0.1, 0.15) is 5.58 Å². The van der Waals surface area contributed by atoms with E-state index in [0.29, 0.717) is 0 Å². The summed E-state index contributed by atoms with van der Waals surface area (Å²) >= 11 is 1.81. The van der Waals surface area contributed by atoms with Gasteiger partial charge in [-0.1, -0.05) is 103 Å². The lowest BCUT2D eigenvalue weighted by atomic mass is 9.85. The number of rotatable bonds is 2. The molecule has 0 aliphatic rings. The summed E-state index contributed by atoms with van der Waals surface area (Å²) in [5.41, 5.74) is 6.89. The highest BCUT2D eigenvalue weighted by atomic mass is 32.1. The molecule has 0 aliphatic heterocycles. The lowest BCUT2D eigenvalue weighted by Crippen LogP contribution is -1.90. The predicted molar refractivity (Wildman–Crippen MR) is 172 cm³/mol. The zero-order chi connectivity index (χ0) is 26.2. The van der Waals surface area contributed by atoms with Crippen LogP contribution in [-0.4, -0.2) is 0 Å². The van der Waals surface area contributed by atoms with E-state index >= 15 is 0 Å². The van der Waals surface area contributed by atoms with E-state index in [0.717, 1.165) is 11.2 Å². The van der Waals surface area contributed by atoms with Crippen LogP contribution < -0.4 is 0 Å². The summed E-state index contributed by atoms with van der Waals surface area (Å²) in [6.45, 7) is 0. The van der Waals surface area contributed by atoms with E-state index in [4.69, 9.17) is 4.42 Å². The van der Waals surface area contributed by atoms with Crippen molar-refractivity contribution in [3.63, 3.8) is 0 Å². The molecular formula is C38H22OS. The lowest BCUT2D eigenvalue weighted by molar-refractivity contribution is 0.673. The maximum absolute atomic E-state index is 6.54. The van der Waals surface area contributed by atoms with Crippen molar-refractivity contribution in [2.75, 3.05) is 0 Å². The van der Waals surface area contributed by atoms with Gasteiger partial charge in [0.2, 0.25) is 0 Å². The van der Waals surface area contributed by atoms with Gasteiger partial charge in [-0.3, -0.25) is 0 Å². The van der Waals surface area contributed by atoms with Crippen molar-refractivity contribution < 1.29 is 4.42 Å². The third-order valence-corrected chi connectivity index (χ3v) is 9.43. The highest BCUT2D eigenvalue weighted by Crippen LogP contribution is 2.46. The van der Waals surface area contributed by atoms with E-state index in [-0.39, 0.29) is 0 Å². The highest BCUT2D eigenvalue weighted by molar-refractivity contribution is 7.26. The molecule has 0 N–H and O–H groups in total. The Bertz CT molecular complexity index is 2380. The molecule has 2 heterocycles. The minimum absolute atomic E-state index is 0.941. The quantitative estimate of drug-likeness (QED) is 0.204. The number of benzene rings is 7. The van der Waals surface area contributed by atoms with Gasteiger partial charge in [0.25, 0.3) is 0 Å². The van der Waals surface area contributed by atoms with E-state index < -0.39 is 0 Å². The van der Waals surface area contributed by atoms with E-state index in [1.54, 1.807) is 0 Å². The van der Waals surface area contributed by atoms with Crippen LogP contribution in [0.1, 0.15) is 0 Å². The highest BCUT2D eigenvalue weighted by Gasteiger charge is 2.19. The first kappa shape index (κ1) is 22.0. The maximum Gasteiger partial charge on any atom is 0.154 e. The van der Waals surface area contributed by atoms with E-state index in [9.17, 15) is 0 Å². The van der Waals surface area contributed by atoms with Crippen LogP contribution in [0.4, 0.5) is 0 Å². The summed E-state index contributed by atoms with van der Waals surface area (Å²) in [6.07, 6.45) is 0. The fourth-order valence-corrected chi connectivity index (χ4v) is 7.62. The van der Waals surface area contributed by atoms with Gasteiger partial charge in [-0.2, -0.15) is 0 Å². The second kappa shape index (κ2) is 8.29. The predicted octanol–water partition coefficient (Wildman–Crippen LogP) is 11.6. The molecule has 7 aromatic carbocycles. The standard InChI is InChI=1S/C38H22OS/c1-2-10-24-21-25(18-17-23(24)9-1)35-27-11-3-5-13-29(27)36(30-14-6-4-12-28(30)35)26-19-20-31-33(22-26)39-37-32-15-7-8-16-34(32)40-38(31)37/h1-22H. The SMILES string of the molecule is c1ccc2cc(-c3c4ccccc4c(-c4ccc5c(c4)oc4c6ccccc6sc54)c4ccccc34)ccc2c1. The number of furan rings is 1. The summed E-state index contributed by atoms with van der Waals surface area (Å²) < 4.78 is 9.03. The topological polar surface area (TPSA) is 13.1 Å². The molecular weight excluding hydrogens is 504 g/mol. The van der Waals surface area contributed by atoms with Gasteiger partial charge in [-0.25, -0.2) is 0 Å². The molecule has 0 unspecified atom stereocenters. The fraction of sp³-hybridized carbons (Fsp3) is 0. The molecule has 0 atom stereocenters. The fourth-order valence-electron chi connectivity index (χ4n) is 6.46. The lowest BCUT2D eigenvalue weighted by Gasteiger charge is -2.18. The van der Waals surface area contributed by atoms with Gasteiger partial charge in [-0.15, -0.1) is 11.3 Å². The van der Waals surface area contributed by atoms with Crippen LogP contribution in [0, 0.1) is 0 Å². The van der Waals surface area contributed by atoms with Gasteiger partial charge < -0.3 is 4.42 Å². The van der Waals surface area contributed by atoms with Crippen molar-refractivity contribution in [1.29, 1.82) is 0 Å². The zero-order valence-electron chi connectivity index (χ0n) is 21.5. The molecule has 0 bridgehead atoms. The van der Waals surface area contributed by atoms with Gasteiger partial charge >= 0.3 is 0 Å². The molecule has 2 heteroatoms. The van der Waals surface area contributed by atoms with E-state index in [1.165, 1.54) is 74.7 Å². The van der Waals surface area contributed by atoms with Gasteiger partial charge in [0.05, 0.1) is 4.70 Å². The summed E-state index contributed by atoms with van der Waals surface area (Å²) in [5.74, 6) is 0. The minimum Gasteiger partial charge on any atom is -0.454 e. The Balaban J connectivity index is 1.35. The Morgan fingerprint density at radius 2 is 0.975 bits per heavy atom. The maximum atomic E-state index is 6.54. The number of hydrogen-bond donors (Lipinski definition) is 0. The molecule has 1 nitrogen and oxygen atoms in total. The van der Waals surface area contributed by atoms with Crippen molar-refractivity contribution >= 4 is 75.0 Å². The summed E-state index contributed by atoms with van der Waals surface area (Å²) in [6, 6.07) is 48.4. The number of fused-ring (bicyclic) bond motifs is 8. The third kappa shape index (κ3) is 3.08. The first-order valence-electron chi connectivity index (χ1n) is 13.6. The Hall–Kier alpha value is -4.92. The van der Waals surface area contributed by atoms with Crippen molar-refractivity contribution in [3.8, 4) is 22.3 Å². The second-order valence-corrected chi connectivity index (χ2v) is 11.5. The van der Waals surface area contributed by atoms with E-state index in [1.807, 2.05) is 11.3 Å². The average Bonchev–Trinajstić information content (AvgIpc) is 3.55. The first-order valence-corrected chi connectivity index (χ1v) is 14.4. The first-order chi connectivity index (χ1) is 19.8. The number of thiophene rings is 1. The van der Waals surface area contributed by atoms with Crippen LogP contribution >= 0.6 is 11.3 Å². The normalized spacial score (nSPS) is 12.0. The molecule has 2 aromatic heterocycles. The van der Waals surface area contributed by atoms with Crippen molar-refractivity contribution in [2.45, 2.75) is 0 Å². The van der Waals surface area contributed by atoms with Crippen LogP contribution in [-0.2, 0) is 0 Å². The van der Waals surface area contributed by atoms with E-state index in [2.05, 4.69) is 133 Å². The molecule has 186 valence electrons. The minimum atomic E-state index is 0.941. The van der Waals surface area contributed by atoms with Crippen LogP contribution in [0.25, 0.3) is 85.9 Å². The van der Waals surface area contributed by atoms with Crippen LogP contribution in [0.15, 0.2) is 138 Å². The summed E-state index contributed by atoms with van der Waals surface area (Å²) in [4.78, 5) is 0. The molecule has 0 radical (unpaired) electrons. The summed E-state index contributed by atoms with van der Waals surface area (Å²) in [5, 5.41) is 9.92. The van der Waals surface area contributed by atoms with Gasteiger partial charge in [-0.05, 0) is 84.9 Å². The Kier molecular flexibility index (Phi) is 4.55. The largest absolute Gasteiger partial charge is 0.454 e. The molecule has 0 fully saturated rings. The number of hydrogen-bond acceptors (Lipinski definition) is 2. The Morgan fingerprint density at radius 1 is 0.425 bits per heavy atom. The molecule has 9 aromatic rings. The summed E-state index contributed by atoms with van der Waals surface area (Å²) in [7, 11) is 0. The molecule has 0 saturated heterocycles. The van der Waals surface area contributed by atoms with Crippen molar-refractivity contribution in [1.82, 2.24) is 0 Å². The second-order valence-electron chi connectivity index (χ2n) is 10.5. The molecule has 0 spiro atoms. The van der Waals surface area contributed by atoms with Crippen molar-refractivity contribution in [3.05, 3.63) is 133 Å². The van der Waals surface area contributed by atoms with Crippen LogP contribution in [0.5, 0.6) is 0 Å². The van der Waals surface area contributed by atoms with Gasteiger partial charge in [0.15, 0.2) is 5.58 Å². The smallest absolute Gasteiger partial charge is 0.154 e. The van der Waals surface area contributed by atoms with Crippen LogP contribution in [0.3, 0.4) is 0 Å².